The summed E-state index contributed by atoms with van der Waals surface area (Å²) in [6, 6.07) is 20.4. The van der Waals surface area contributed by atoms with E-state index in [-0.39, 0.29) is 36.4 Å². The maximum Gasteiger partial charge on any atom is 0.224 e. The molecule has 190 valence electrons. The topological polar surface area (TPSA) is 77.0 Å². The normalized spacial score (nSPS) is 14.5. The lowest BCUT2D eigenvalue weighted by Gasteiger charge is -2.12. The third-order valence-corrected chi connectivity index (χ3v) is 5.83. The molecule has 1 heterocycles. The molecule has 0 saturated heterocycles. The van der Waals surface area contributed by atoms with Crippen molar-refractivity contribution in [2.45, 2.75) is 32.7 Å². The Morgan fingerprint density at radius 3 is 2.30 bits per heavy atom. The highest BCUT2D eigenvalue weighted by atomic mass is 19.1. The number of rotatable bonds is 11. The number of ether oxygens (including phenoxy) is 2. The summed E-state index contributed by atoms with van der Waals surface area (Å²) in [5, 5.41) is 2.91. The van der Waals surface area contributed by atoms with Crippen LogP contribution in [-0.4, -0.2) is 30.6 Å². The molecule has 0 fully saturated rings. The summed E-state index contributed by atoms with van der Waals surface area (Å²) < 4.78 is 24.6. The molecule has 7 heteroatoms. The number of hydrogen-bond donors (Lipinski definition) is 1. The maximum absolute atomic E-state index is 13.5. The first-order chi connectivity index (χ1) is 18.0. The fraction of sp³-hybridized carbons (Fsp3) is 0.233. The van der Waals surface area contributed by atoms with E-state index in [2.05, 4.69) is 5.32 Å². The van der Waals surface area contributed by atoms with Crippen molar-refractivity contribution in [1.29, 1.82) is 0 Å². The van der Waals surface area contributed by atoms with Crippen molar-refractivity contribution in [2.24, 2.45) is 4.99 Å². The molecule has 6 nitrogen and oxygen atoms in total. The lowest BCUT2D eigenvalue weighted by atomic mass is 10.0. The van der Waals surface area contributed by atoms with Crippen molar-refractivity contribution in [3.05, 3.63) is 107 Å². The summed E-state index contributed by atoms with van der Waals surface area (Å²) in [6.07, 6.45) is 1.90. The molecule has 3 aromatic carbocycles. The number of nitrogens with one attached hydrogen (secondary N) is 1. The average molecular weight is 501 g/mol. The Balaban J connectivity index is 1.45. The summed E-state index contributed by atoms with van der Waals surface area (Å²) in [6.45, 7) is 4.66. The predicted octanol–water partition coefficient (Wildman–Crippen LogP) is 5.83. The van der Waals surface area contributed by atoms with Gasteiger partial charge in [-0.25, -0.2) is 4.39 Å². The van der Waals surface area contributed by atoms with E-state index in [0.717, 1.165) is 5.56 Å². The molecule has 0 aromatic heterocycles. The van der Waals surface area contributed by atoms with Gasteiger partial charge in [-0.2, -0.15) is 0 Å². The first kappa shape index (κ1) is 25.8. The van der Waals surface area contributed by atoms with E-state index in [4.69, 9.17) is 14.5 Å². The molecule has 1 atom stereocenters. The van der Waals surface area contributed by atoms with Gasteiger partial charge in [-0.3, -0.25) is 14.6 Å². The van der Waals surface area contributed by atoms with Crippen LogP contribution in [0.25, 0.3) is 0 Å². The zero-order valence-electron chi connectivity index (χ0n) is 20.9. The highest BCUT2D eigenvalue weighted by Crippen LogP contribution is 2.30. The summed E-state index contributed by atoms with van der Waals surface area (Å²) in [4.78, 5) is 30.5. The lowest BCUT2D eigenvalue weighted by Crippen LogP contribution is -2.27. The van der Waals surface area contributed by atoms with Gasteiger partial charge in [0.2, 0.25) is 5.91 Å². The highest BCUT2D eigenvalue weighted by Gasteiger charge is 2.24. The van der Waals surface area contributed by atoms with E-state index in [1.807, 2.05) is 50.3 Å². The van der Waals surface area contributed by atoms with Crippen molar-refractivity contribution < 1.29 is 23.5 Å². The molecule has 1 unspecified atom stereocenters. The van der Waals surface area contributed by atoms with Crippen LogP contribution in [0.1, 0.15) is 54.2 Å². The number of halogens is 1. The minimum absolute atomic E-state index is 0.0000541. The Bertz CT molecular complexity index is 1320. The number of carbonyl (C=O) groups excluding carboxylic acids is 2. The molecule has 4 rings (SSSR count). The van der Waals surface area contributed by atoms with Crippen LogP contribution in [0.15, 0.2) is 89.6 Å². The number of carbonyl (C=O) groups is 2. The SMILES string of the molecule is CCOc1ccc(C(=O)CCC(=O)NC2=CC(c3ccccc3)N=C2c2ccc(F)cc2)cc1OCC. The van der Waals surface area contributed by atoms with Crippen LogP contribution in [-0.2, 0) is 4.79 Å². The zero-order valence-corrected chi connectivity index (χ0v) is 20.9. The minimum Gasteiger partial charge on any atom is -0.490 e. The van der Waals surface area contributed by atoms with Gasteiger partial charge in [-0.1, -0.05) is 30.3 Å². The van der Waals surface area contributed by atoms with Crippen LogP contribution < -0.4 is 14.8 Å². The Morgan fingerprint density at radius 1 is 0.892 bits per heavy atom. The Morgan fingerprint density at radius 2 is 1.59 bits per heavy atom. The Labute approximate surface area is 215 Å². The quantitative estimate of drug-likeness (QED) is 0.336. The number of aliphatic imine (C=N–C) groups is 1. The van der Waals surface area contributed by atoms with Crippen molar-refractivity contribution in [1.82, 2.24) is 5.32 Å². The largest absolute Gasteiger partial charge is 0.490 e. The van der Waals surface area contributed by atoms with Gasteiger partial charge in [0, 0.05) is 24.0 Å². The van der Waals surface area contributed by atoms with Crippen molar-refractivity contribution in [3.63, 3.8) is 0 Å². The monoisotopic (exact) mass is 500 g/mol. The van der Waals surface area contributed by atoms with Crippen molar-refractivity contribution in [2.75, 3.05) is 13.2 Å². The second kappa shape index (κ2) is 12.1. The average Bonchev–Trinajstić information content (AvgIpc) is 3.33. The van der Waals surface area contributed by atoms with Crippen molar-refractivity contribution in [3.8, 4) is 11.5 Å². The fourth-order valence-corrected chi connectivity index (χ4v) is 4.05. The molecular weight excluding hydrogens is 471 g/mol. The molecule has 0 saturated carbocycles. The first-order valence-electron chi connectivity index (χ1n) is 12.3. The number of allylic oxidation sites excluding steroid dienone is 1. The summed E-state index contributed by atoms with van der Waals surface area (Å²) in [5.41, 5.74) is 3.24. The van der Waals surface area contributed by atoms with E-state index in [1.165, 1.54) is 12.1 Å². The molecule has 0 spiro atoms. The maximum atomic E-state index is 13.5. The van der Waals surface area contributed by atoms with E-state index in [9.17, 15) is 14.0 Å². The van der Waals surface area contributed by atoms with Crippen LogP contribution in [0.3, 0.4) is 0 Å². The summed E-state index contributed by atoms with van der Waals surface area (Å²) in [7, 11) is 0. The predicted molar refractivity (Wildman–Crippen MR) is 141 cm³/mol. The molecule has 0 aliphatic carbocycles. The highest BCUT2D eigenvalue weighted by molar-refractivity contribution is 6.15. The van der Waals surface area contributed by atoms with E-state index in [0.29, 0.717) is 47.2 Å². The number of ketones is 1. The third-order valence-electron chi connectivity index (χ3n) is 5.83. The van der Waals surface area contributed by atoms with Crippen LogP contribution in [0.2, 0.25) is 0 Å². The van der Waals surface area contributed by atoms with Gasteiger partial charge in [0.1, 0.15) is 5.82 Å². The van der Waals surface area contributed by atoms with Crippen LogP contribution in [0, 0.1) is 5.82 Å². The molecule has 1 aliphatic heterocycles. The standard InChI is InChI=1S/C30H29FN2O4/c1-3-36-27-16-12-22(18-28(27)37-4-2)26(34)15-17-29(35)32-25-19-24(20-8-6-5-7-9-20)33-30(25)21-10-13-23(31)14-11-21/h5-14,16,18-19,24H,3-4,15,17H2,1-2H3,(H,32,35). The number of Topliss-reactive ketones (excluding diaryl/α,β-unsaturated/α-hetero) is 1. The van der Waals surface area contributed by atoms with Gasteiger partial charge in [0.05, 0.1) is 30.7 Å². The fourth-order valence-electron chi connectivity index (χ4n) is 4.05. The molecule has 1 aliphatic rings. The lowest BCUT2D eigenvalue weighted by molar-refractivity contribution is -0.120. The van der Waals surface area contributed by atoms with Crippen LogP contribution in [0.5, 0.6) is 11.5 Å². The van der Waals surface area contributed by atoms with Gasteiger partial charge in [0.15, 0.2) is 17.3 Å². The third kappa shape index (κ3) is 6.50. The van der Waals surface area contributed by atoms with E-state index in [1.54, 1.807) is 30.3 Å². The number of amides is 1. The molecule has 0 radical (unpaired) electrons. The zero-order chi connectivity index (χ0) is 26.2. The number of benzene rings is 3. The Hall–Kier alpha value is -4.26. The molecule has 1 N–H and O–H groups in total. The van der Waals surface area contributed by atoms with Crippen LogP contribution in [0.4, 0.5) is 4.39 Å². The molecule has 3 aromatic rings. The van der Waals surface area contributed by atoms with Crippen LogP contribution >= 0.6 is 0 Å². The number of hydrogen-bond acceptors (Lipinski definition) is 5. The second-order valence-corrected chi connectivity index (χ2v) is 8.42. The van der Waals surface area contributed by atoms with Gasteiger partial charge in [-0.05, 0) is 68.0 Å². The van der Waals surface area contributed by atoms with Gasteiger partial charge < -0.3 is 14.8 Å². The van der Waals surface area contributed by atoms with Gasteiger partial charge >= 0.3 is 0 Å². The smallest absolute Gasteiger partial charge is 0.224 e. The molecule has 0 bridgehead atoms. The molecule has 37 heavy (non-hydrogen) atoms. The van der Waals surface area contributed by atoms with Crippen molar-refractivity contribution >= 4 is 17.4 Å². The van der Waals surface area contributed by atoms with Gasteiger partial charge in [0.25, 0.3) is 0 Å². The minimum atomic E-state index is -0.350. The second-order valence-electron chi connectivity index (χ2n) is 8.42. The van der Waals surface area contributed by atoms with Gasteiger partial charge in [-0.15, -0.1) is 0 Å². The molecular formula is C30H29FN2O4. The molecule has 1 amide bonds. The summed E-state index contributed by atoms with van der Waals surface area (Å²) >= 11 is 0. The van der Waals surface area contributed by atoms with E-state index >= 15 is 0 Å². The van der Waals surface area contributed by atoms with E-state index < -0.39 is 0 Å². The summed E-state index contributed by atoms with van der Waals surface area (Å²) in [5.74, 6) is 0.250. The first-order valence-corrected chi connectivity index (χ1v) is 12.3. The Kier molecular flexibility index (Phi) is 8.46. The number of nitrogens with zero attached hydrogens (tertiary/aromatic N) is 1.